The first-order valence-corrected chi connectivity index (χ1v) is 6.11. The Morgan fingerprint density at radius 1 is 1.24 bits per heavy atom. The van der Waals surface area contributed by atoms with Gasteiger partial charge < -0.3 is 5.73 Å². The van der Waals surface area contributed by atoms with Gasteiger partial charge in [0.05, 0.1) is 11.8 Å². The molecule has 0 aromatic carbocycles. The van der Waals surface area contributed by atoms with Gasteiger partial charge in [-0.25, -0.2) is 12.7 Å². The third-order valence-electron chi connectivity index (χ3n) is 2.15. The van der Waals surface area contributed by atoms with E-state index in [0.29, 0.717) is 4.31 Å². The van der Waals surface area contributed by atoms with Crippen molar-refractivity contribution >= 4 is 10.0 Å². The molecule has 0 aliphatic heterocycles. The Morgan fingerprint density at radius 2 is 1.65 bits per heavy atom. The van der Waals surface area contributed by atoms with E-state index in [1.807, 2.05) is 0 Å². The lowest BCUT2D eigenvalue weighted by Gasteiger charge is -2.26. The van der Waals surface area contributed by atoms with Crippen LogP contribution in [0, 0.1) is 0 Å². The first kappa shape index (κ1) is 16.5. The van der Waals surface area contributed by atoms with Crippen molar-refractivity contribution in [2.45, 2.75) is 25.1 Å². The molecule has 0 fully saturated rings. The van der Waals surface area contributed by atoms with E-state index in [1.54, 1.807) is 0 Å². The van der Waals surface area contributed by atoms with Crippen LogP contribution >= 0.6 is 0 Å². The monoisotopic (exact) mass is 284 g/mol. The van der Waals surface area contributed by atoms with Gasteiger partial charge in [0.1, 0.15) is 0 Å². The highest BCUT2D eigenvalue weighted by Crippen LogP contribution is 2.37. The van der Waals surface area contributed by atoms with Crippen LogP contribution in [-0.2, 0) is 10.0 Å². The molecule has 4 nitrogen and oxygen atoms in total. The SMILES string of the molecule is CCN(C)S(=O)(=O)CC(N)C(F)(F)C(F)(F)F. The van der Waals surface area contributed by atoms with Crippen molar-refractivity contribution in [3.05, 3.63) is 0 Å². The fraction of sp³-hybridized carbons (Fsp3) is 1.00. The number of rotatable bonds is 5. The summed E-state index contributed by atoms with van der Waals surface area (Å²) in [5.74, 6) is -6.71. The Hall–Kier alpha value is -0.480. The first-order valence-electron chi connectivity index (χ1n) is 4.50. The Labute approximate surface area is 95.6 Å². The summed E-state index contributed by atoms with van der Waals surface area (Å²) in [4.78, 5) is 0. The molecule has 0 aliphatic rings. The summed E-state index contributed by atoms with van der Waals surface area (Å²) >= 11 is 0. The Balaban J connectivity index is 4.95. The van der Waals surface area contributed by atoms with E-state index in [0.717, 1.165) is 7.05 Å². The largest absolute Gasteiger partial charge is 0.454 e. The van der Waals surface area contributed by atoms with Gasteiger partial charge in [-0.05, 0) is 0 Å². The fourth-order valence-electron chi connectivity index (χ4n) is 0.866. The molecule has 0 bridgehead atoms. The van der Waals surface area contributed by atoms with Crippen LogP contribution in [0.25, 0.3) is 0 Å². The minimum Gasteiger partial charge on any atom is -0.321 e. The van der Waals surface area contributed by atoms with Crippen molar-refractivity contribution in [2.24, 2.45) is 5.73 Å². The fourth-order valence-corrected chi connectivity index (χ4v) is 2.18. The number of hydrogen-bond acceptors (Lipinski definition) is 3. The van der Waals surface area contributed by atoms with Gasteiger partial charge in [0.25, 0.3) is 0 Å². The molecule has 0 rings (SSSR count). The van der Waals surface area contributed by atoms with Crippen LogP contribution in [0.5, 0.6) is 0 Å². The summed E-state index contributed by atoms with van der Waals surface area (Å²) in [7, 11) is -3.16. The topological polar surface area (TPSA) is 63.4 Å². The second kappa shape index (κ2) is 5.02. The van der Waals surface area contributed by atoms with E-state index in [1.165, 1.54) is 6.92 Å². The first-order chi connectivity index (χ1) is 7.36. The van der Waals surface area contributed by atoms with E-state index in [-0.39, 0.29) is 6.54 Å². The molecule has 2 N–H and O–H groups in total. The number of nitrogens with two attached hydrogens (primary N) is 1. The van der Waals surface area contributed by atoms with Crippen LogP contribution in [0.15, 0.2) is 0 Å². The maximum Gasteiger partial charge on any atom is 0.454 e. The lowest BCUT2D eigenvalue weighted by Crippen LogP contribution is -2.55. The van der Waals surface area contributed by atoms with Crippen LogP contribution < -0.4 is 5.73 Å². The minimum atomic E-state index is -5.87. The summed E-state index contributed by atoms with van der Waals surface area (Å²) in [6.07, 6.45) is -5.87. The molecule has 104 valence electrons. The van der Waals surface area contributed by atoms with Crippen molar-refractivity contribution < 1.29 is 30.4 Å². The average Bonchev–Trinajstić information content (AvgIpc) is 2.13. The van der Waals surface area contributed by atoms with Gasteiger partial charge in [0.2, 0.25) is 10.0 Å². The Bertz CT molecular complexity index is 354. The molecular weight excluding hydrogens is 271 g/mol. The van der Waals surface area contributed by atoms with Gasteiger partial charge in [0, 0.05) is 13.6 Å². The lowest BCUT2D eigenvalue weighted by atomic mass is 10.2. The average molecular weight is 284 g/mol. The molecule has 10 heteroatoms. The molecule has 0 saturated carbocycles. The molecule has 0 spiro atoms. The zero-order chi connectivity index (χ0) is 14.1. The molecule has 0 aliphatic carbocycles. The van der Waals surface area contributed by atoms with Gasteiger partial charge in [-0.2, -0.15) is 22.0 Å². The number of hydrogen-bond donors (Lipinski definition) is 1. The van der Waals surface area contributed by atoms with Gasteiger partial charge in [-0.1, -0.05) is 6.92 Å². The number of alkyl halides is 5. The lowest BCUT2D eigenvalue weighted by molar-refractivity contribution is -0.287. The van der Waals surface area contributed by atoms with E-state index in [4.69, 9.17) is 0 Å². The van der Waals surface area contributed by atoms with Crippen LogP contribution in [0.1, 0.15) is 6.92 Å². The summed E-state index contributed by atoms with van der Waals surface area (Å²) < 4.78 is 84.3. The summed E-state index contributed by atoms with van der Waals surface area (Å²) in [6.45, 7) is 1.36. The van der Waals surface area contributed by atoms with Crippen molar-refractivity contribution in [2.75, 3.05) is 19.3 Å². The third-order valence-corrected chi connectivity index (χ3v) is 4.14. The zero-order valence-corrected chi connectivity index (χ0v) is 9.95. The second-order valence-corrected chi connectivity index (χ2v) is 5.54. The zero-order valence-electron chi connectivity index (χ0n) is 9.13. The standard InChI is InChI=1S/C7H13F5N2O2S/c1-3-14(2)17(15,16)4-5(13)6(8,9)7(10,11)12/h5H,3-4,13H2,1-2H3. The van der Waals surface area contributed by atoms with Crippen LogP contribution in [0.2, 0.25) is 0 Å². The van der Waals surface area contributed by atoms with E-state index in [9.17, 15) is 30.4 Å². The van der Waals surface area contributed by atoms with Crippen LogP contribution in [-0.4, -0.2) is 50.2 Å². The highest BCUT2D eigenvalue weighted by atomic mass is 32.2. The molecular formula is C7H13F5N2O2S. The van der Waals surface area contributed by atoms with E-state index < -0.39 is 33.9 Å². The smallest absolute Gasteiger partial charge is 0.321 e. The van der Waals surface area contributed by atoms with Crippen LogP contribution in [0.3, 0.4) is 0 Å². The summed E-state index contributed by atoms with van der Waals surface area (Å²) in [5, 5.41) is 0. The van der Waals surface area contributed by atoms with Gasteiger partial charge in [-0.3, -0.25) is 0 Å². The Morgan fingerprint density at radius 3 is 1.94 bits per heavy atom. The number of sulfonamides is 1. The Kier molecular flexibility index (Phi) is 4.88. The normalized spacial score (nSPS) is 16.3. The van der Waals surface area contributed by atoms with Gasteiger partial charge >= 0.3 is 12.1 Å². The van der Waals surface area contributed by atoms with Crippen molar-refractivity contribution in [1.29, 1.82) is 0 Å². The molecule has 17 heavy (non-hydrogen) atoms. The van der Waals surface area contributed by atoms with E-state index >= 15 is 0 Å². The summed E-state index contributed by atoms with van der Waals surface area (Å²) in [5.41, 5.74) is 4.64. The van der Waals surface area contributed by atoms with E-state index in [2.05, 4.69) is 5.73 Å². The molecule has 0 amide bonds. The molecule has 1 unspecified atom stereocenters. The minimum absolute atomic E-state index is 0.0490. The molecule has 0 heterocycles. The molecule has 0 radical (unpaired) electrons. The molecule has 1 atom stereocenters. The van der Waals surface area contributed by atoms with Gasteiger partial charge in [-0.15, -0.1) is 0 Å². The maximum atomic E-state index is 12.7. The number of halogens is 5. The highest BCUT2D eigenvalue weighted by molar-refractivity contribution is 7.89. The third kappa shape index (κ3) is 3.75. The molecule has 0 aromatic heterocycles. The quantitative estimate of drug-likeness (QED) is 0.759. The second-order valence-electron chi connectivity index (χ2n) is 3.42. The van der Waals surface area contributed by atoms with Gasteiger partial charge in [0.15, 0.2) is 0 Å². The highest BCUT2D eigenvalue weighted by Gasteiger charge is 2.62. The van der Waals surface area contributed by atoms with Crippen LogP contribution in [0.4, 0.5) is 22.0 Å². The van der Waals surface area contributed by atoms with Crippen molar-refractivity contribution in [1.82, 2.24) is 4.31 Å². The van der Waals surface area contributed by atoms with Crippen molar-refractivity contribution in [3.8, 4) is 0 Å². The maximum absolute atomic E-state index is 12.7. The summed E-state index contributed by atoms with van der Waals surface area (Å²) in [6, 6.07) is -2.83. The number of nitrogens with zero attached hydrogens (tertiary/aromatic N) is 1. The van der Waals surface area contributed by atoms with Crippen molar-refractivity contribution in [3.63, 3.8) is 0 Å². The molecule has 0 saturated heterocycles. The molecule has 0 aromatic rings. The predicted octanol–water partition coefficient (Wildman–Crippen LogP) is 0.793. The predicted molar refractivity (Wildman–Crippen MR) is 51.1 cm³/mol.